The highest BCUT2D eigenvalue weighted by Crippen LogP contribution is 2.32. The zero-order valence-corrected chi connectivity index (χ0v) is 15.7. The minimum atomic E-state index is -0.569. The van der Waals surface area contributed by atoms with Gasteiger partial charge < -0.3 is 9.47 Å². The van der Waals surface area contributed by atoms with Gasteiger partial charge in [0, 0.05) is 5.02 Å². The largest absolute Gasteiger partial charge is 0.490 e. The third-order valence-corrected chi connectivity index (χ3v) is 4.52. The van der Waals surface area contributed by atoms with E-state index in [1.807, 2.05) is 0 Å². The van der Waals surface area contributed by atoms with E-state index in [0.717, 1.165) is 11.8 Å². The Morgan fingerprint density at radius 2 is 2.00 bits per heavy atom. The first-order chi connectivity index (χ1) is 13.0. The third kappa shape index (κ3) is 4.69. The van der Waals surface area contributed by atoms with E-state index >= 15 is 0 Å². The number of carbonyl (C=O) groups is 3. The Morgan fingerprint density at radius 3 is 2.67 bits per heavy atom. The lowest BCUT2D eigenvalue weighted by molar-refractivity contribution is -0.115. The van der Waals surface area contributed by atoms with Crippen LogP contribution in [0.2, 0.25) is 5.02 Å². The van der Waals surface area contributed by atoms with Gasteiger partial charge >= 0.3 is 5.97 Å². The topological polar surface area (TPSA) is 81.7 Å². The second-order valence-corrected chi connectivity index (χ2v) is 6.84. The molecule has 2 aromatic carbocycles. The van der Waals surface area contributed by atoms with Crippen molar-refractivity contribution in [3.05, 3.63) is 63.5 Å². The SMILES string of the molecule is CCOc1cc(/C=C2\SC(=O)NC2=O)ccc1OC(=O)c1cccc(Cl)c1. The summed E-state index contributed by atoms with van der Waals surface area (Å²) < 4.78 is 11.0. The summed E-state index contributed by atoms with van der Waals surface area (Å²) in [6, 6.07) is 11.3. The van der Waals surface area contributed by atoms with E-state index in [4.69, 9.17) is 21.1 Å². The number of rotatable bonds is 5. The van der Waals surface area contributed by atoms with Gasteiger partial charge in [0.25, 0.3) is 11.1 Å². The molecule has 1 fully saturated rings. The van der Waals surface area contributed by atoms with E-state index in [-0.39, 0.29) is 10.7 Å². The van der Waals surface area contributed by atoms with Crippen molar-refractivity contribution in [1.29, 1.82) is 0 Å². The highest BCUT2D eigenvalue weighted by atomic mass is 35.5. The van der Waals surface area contributed by atoms with Crippen LogP contribution in [0.15, 0.2) is 47.4 Å². The number of hydrogen-bond donors (Lipinski definition) is 1. The van der Waals surface area contributed by atoms with E-state index in [2.05, 4.69) is 5.32 Å². The highest BCUT2D eigenvalue weighted by molar-refractivity contribution is 8.18. The summed E-state index contributed by atoms with van der Waals surface area (Å²) in [7, 11) is 0. The molecule has 2 aromatic rings. The molecule has 27 heavy (non-hydrogen) atoms. The maximum absolute atomic E-state index is 12.3. The maximum atomic E-state index is 12.3. The summed E-state index contributed by atoms with van der Waals surface area (Å²) in [5, 5.41) is 2.21. The number of amides is 2. The van der Waals surface area contributed by atoms with Crippen LogP contribution < -0.4 is 14.8 Å². The van der Waals surface area contributed by atoms with Crippen LogP contribution in [0, 0.1) is 0 Å². The molecule has 1 saturated heterocycles. The molecule has 6 nitrogen and oxygen atoms in total. The van der Waals surface area contributed by atoms with E-state index in [1.165, 1.54) is 6.07 Å². The number of carbonyl (C=O) groups excluding carboxylic acids is 3. The zero-order chi connectivity index (χ0) is 19.4. The van der Waals surface area contributed by atoms with Crippen LogP contribution in [-0.2, 0) is 4.79 Å². The smallest absolute Gasteiger partial charge is 0.343 e. The van der Waals surface area contributed by atoms with Crippen LogP contribution in [0.1, 0.15) is 22.8 Å². The van der Waals surface area contributed by atoms with Crippen molar-refractivity contribution in [1.82, 2.24) is 5.32 Å². The number of imide groups is 1. The second kappa shape index (κ2) is 8.28. The minimum absolute atomic E-state index is 0.239. The Bertz CT molecular complexity index is 957. The lowest BCUT2D eigenvalue weighted by atomic mass is 10.1. The van der Waals surface area contributed by atoms with Crippen LogP contribution in [-0.4, -0.2) is 23.7 Å². The molecule has 0 aromatic heterocycles. The molecule has 0 unspecified atom stereocenters. The normalized spacial score (nSPS) is 15.0. The van der Waals surface area contributed by atoms with Crippen molar-refractivity contribution >= 4 is 46.6 Å². The van der Waals surface area contributed by atoms with Crippen molar-refractivity contribution < 1.29 is 23.9 Å². The van der Waals surface area contributed by atoms with Crippen LogP contribution in [0.25, 0.3) is 6.08 Å². The molecule has 0 atom stereocenters. The molecule has 1 heterocycles. The molecule has 0 bridgehead atoms. The summed E-state index contributed by atoms with van der Waals surface area (Å²) >= 11 is 6.72. The predicted octanol–water partition coefficient (Wildman–Crippen LogP) is 4.28. The van der Waals surface area contributed by atoms with Crippen LogP contribution >= 0.6 is 23.4 Å². The number of esters is 1. The molecule has 1 N–H and O–H groups in total. The summed E-state index contributed by atoms with van der Waals surface area (Å²) in [6.07, 6.45) is 1.57. The van der Waals surface area contributed by atoms with E-state index < -0.39 is 17.1 Å². The Morgan fingerprint density at radius 1 is 1.19 bits per heavy atom. The fraction of sp³-hybridized carbons (Fsp3) is 0.105. The Kier molecular flexibility index (Phi) is 5.83. The molecule has 0 spiro atoms. The van der Waals surface area contributed by atoms with E-state index in [1.54, 1.807) is 49.4 Å². The second-order valence-electron chi connectivity index (χ2n) is 5.39. The van der Waals surface area contributed by atoms with Gasteiger partial charge in [0.1, 0.15) is 0 Å². The average molecular weight is 404 g/mol. The van der Waals surface area contributed by atoms with Gasteiger partial charge in [-0.3, -0.25) is 14.9 Å². The van der Waals surface area contributed by atoms with Crippen LogP contribution in [0.3, 0.4) is 0 Å². The van der Waals surface area contributed by atoms with Gasteiger partial charge in [-0.2, -0.15) is 0 Å². The number of nitrogens with one attached hydrogen (secondary N) is 1. The number of ether oxygens (including phenoxy) is 2. The highest BCUT2D eigenvalue weighted by Gasteiger charge is 2.25. The van der Waals surface area contributed by atoms with Crippen molar-refractivity contribution in [2.24, 2.45) is 0 Å². The molecule has 2 amide bonds. The molecule has 0 saturated carbocycles. The summed E-state index contributed by atoms with van der Waals surface area (Å²) in [5.74, 6) is -0.430. The molecular weight excluding hydrogens is 390 g/mol. The molecule has 0 radical (unpaired) electrons. The fourth-order valence-electron chi connectivity index (χ4n) is 2.31. The zero-order valence-electron chi connectivity index (χ0n) is 14.2. The molecule has 1 aliphatic rings. The Hall–Kier alpha value is -2.77. The van der Waals surface area contributed by atoms with Crippen molar-refractivity contribution in [3.63, 3.8) is 0 Å². The van der Waals surface area contributed by atoms with Gasteiger partial charge in [0.2, 0.25) is 0 Å². The number of benzene rings is 2. The molecule has 138 valence electrons. The van der Waals surface area contributed by atoms with Crippen molar-refractivity contribution in [2.45, 2.75) is 6.92 Å². The molecule has 8 heteroatoms. The van der Waals surface area contributed by atoms with Crippen LogP contribution in [0.5, 0.6) is 11.5 Å². The van der Waals surface area contributed by atoms with Crippen molar-refractivity contribution in [3.8, 4) is 11.5 Å². The lowest BCUT2D eigenvalue weighted by Crippen LogP contribution is -2.17. The average Bonchev–Trinajstić information content (AvgIpc) is 2.94. The summed E-state index contributed by atoms with van der Waals surface area (Å²) in [4.78, 5) is 35.5. The molecule has 3 rings (SSSR count). The first kappa shape index (κ1) is 19.0. The number of hydrogen-bond acceptors (Lipinski definition) is 6. The minimum Gasteiger partial charge on any atom is -0.490 e. The number of halogens is 1. The predicted molar refractivity (Wildman–Crippen MR) is 103 cm³/mol. The maximum Gasteiger partial charge on any atom is 0.343 e. The Balaban J connectivity index is 1.85. The summed E-state index contributed by atoms with van der Waals surface area (Å²) in [6.45, 7) is 2.15. The molecular formula is C19H14ClNO5S. The first-order valence-corrected chi connectivity index (χ1v) is 9.15. The fourth-order valence-corrected chi connectivity index (χ4v) is 3.19. The lowest BCUT2D eigenvalue weighted by Gasteiger charge is -2.11. The first-order valence-electron chi connectivity index (χ1n) is 7.95. The quantitative estimate of drug-likeness (QED) is 0.456. The van der Waals surface area contributed by atoms with Gasteiger partial charge in [-0.15, -0.1) is 0 Å². The van der Waals surface area contributed by atoms with Gasteiger partial charge in [0.05, 0.1) is 17.1 Å². The van der Waals surface area contributed by atoms with Gasteiger partial charge in [0.15, 0.2) is 11.5 Å². The van der Waals surface area contributed by atoms with Crippen molar-refractivity contribution in [2.75, 3.05) is 6.61 Å². The van der Waals surface area contributed by atoms with Gasteiger partial charge in [-0.1, -0.05) is 23.7 Å². The van der Waals surface area contributed by atoms with Crippen LogP contribution in [0.4, 0.5) is 4.79 Å². The van der Waals surface area contributed by atoms with Gasteiger partial charge in [-0.25, -0.2) is 4.79 Å². The van der Waals surface area contributed by atoms with Gasteiger partial charge in [-0.05, 0) is 60.7 Å². The van der Waals surface area contributed by atoms with E-state index in [0.29, 0.717) is 28.5 Å². The number of thioether (sulfide) groups is 1. The van der Waals surface area contributed by atoms with E-state index in [9.17, 15) is 14.4 Å². The standard InChI is InChI=1S/C19H14ClNO5S/c1-2-25-15-8-11(9-16-17(22)21-19(24)27-16)6-7-14(15)26-18(23)12-4-3-5-13(20)10-12/h3-10H,2H2,1H3,(H,21,22,24)/b16-9-. The third-order valence-electron chi connectivity index (χ3n) is 3.47. The molecule has 1 aliphatic heterocycles. The summed E-state index contributed by atoms with van der Waals surface area (Å²) in [5.41, 5.74) is 0.946. The Labute approximate surface area is 164 Å². The molecule has 0 aliphatic carbocycles. The monoisotopic (exact) mass is 403 g/mol.